The van der Waals surface area contributed by atoms with Crippen LogP contribution in [0.25, 0.3) is 0 Å². The van der Waals surface area contributed by atoms with E-state index < -0.39 is 0 Å². The van der Waals surface area contributed by atoms with Crippen LogP contribution in [0, 0.1) is 6.92 Å². The normalized spacial score (nSPS) is 16.8. The van der Waals surface area contributed by atoms with Gasteiger partial charge in [-0.2, -0.15) is 5.11 Å². The summed E-state index contributed by atoms with van der Waals surface area (Å²) in [4.78, 5) is 6.82. The molecular weight excluding hydrogens is 412 g/mol. The summed E-state index contributed by atoms with van der Waals surface area (Å²) in [6.45, 7) is 8.34. The number of anilines is 1. The van der Waals surface area contributed by atoms with Gasteiger partial charge in [-0.3, -0.25) is 0 Å². The van der Waals surface area contributed by atoms with E-state index in [9.17, 15) is 0 Å². The third-order valence-corrected chi connectivity index (χ3v) is 6.01. The maximum absolute atomic E-state index is 4.52. The first-order valence-corrected chi connectivity index (χ1v) is 11.9. The van der Waals surface area contributed by atoms with Crippen molar-refractivity contribution in [2.24, 2.45) is 25.4 Å². The molecule has 156 valence electrons. The number of thioether (sulfide) groups is 2. The summed E-state index contributed by atoms with van der Waals surface area (Å²) in [6.07, 6.45) is 2.05. The number of benzene rings is 2. The summed E-state index contributed by atoms with van der Waals surface area (Å²) < 4.78 is 0. The van der Waals surface area contributed by atoms with Crippen LogP contribution in [0.5, 0.6) is 0 Å². The molecule has 1 aliphatic heterocycles. The maximum Gasteiger partial charge on any atom is 0.205 e. The van der Waals surface area contributed by atoms with Crippen molar-refractivity contribution in [3.63, 3.8) is 0 Å². The van der Waals surface area contributed by atoms with Crippen molar-refractivity contribution in [1.29, 1.82) is 0 Å². The third-order valence-electron chi connectivity index (χ3n) is 4.41. The SMILES string of the molecule is CCN(CC)c1ccc(N=NC2=NCS/C(N=Nc3ccc(C)cc3)=C\CS2)cc1. The minimum atomic E-state index is 0.543. The Balaban J connectivity index is 1.55. The van der Waals surface area contributed by atoms with Gasteiger partial charge in [0.1, 0.15) is 5.03 Å². The molecule has 0 saturated carbocycles. The quantitative estimate of drug-likeness (QED) is 0.443. The lowest BCUT2D eigenvalue weighted by molar-refractivity contribution is 0.866. The predicted octanol–water partition coefficient (Wildman–Crippen LogP) is 7.34. The Labute approximate surface area is 186 Å². The molecule has 30 heavy (non-hydrogen) atoms. The standard InChI is InChI=1S/C22H26N6S2/c1-4-28(5-2)20-12-10-19(11-13-20)25-27-22-23-16-30-21(14-15-29-22)26-24-18-8-6-17(3)7-9-18/h6-14H,4-5,15-16H2,1-3H3/b21-14-,23-22?,26-24?,27-25?. The number of aliphatic imine (C=N–C) groups is 1. The molecule has 0 atom stereocenters. The van der Waals surface area contributed by atoms with Gasteiger partial charge in [-0.25, -0.2) is 4.99 Å². The number of azo groups is 2. The zero-order valence-corrected chi connectivity index (χ0v) is 19.2. The molecule has 0 fully saturated rings. The van der Waals surface area contributed by atoms with Crippen molar-refractivity contribution < 1.29 is 0 Å². The van der Waals surface area contributed by atoms with E-state index in [1.807, 2.05) is 36.4 Å². The van der Waals surface area contributed by atoms with Gasteiger partial charge in [0.05, 0.1) is 17.3 Å². The van der Waals surface area contributed by atoms with Crippen LogP contribution in [0.15, 0.2) is 85.1 Å². The molecule has 8 heteroatoms. The van der Waals surface area contributed by atoms with Crippen molar-refractivity contribution in [1.82, 2.24) is 0 Å². The molecule has 0 aromatic heterocycles. The van der Waals surface area contributed by atoms with Gasteiger partial charge in [0.2, 0.25) is 5.17 Å². The van der Waals surface area contributed by atoms with Gasteiger partial charge < -0.3 is 4.90 Å². The highest BCUT2D eigenvalue weighted by molar-refractivity contribution is 8.14. The average molecular weight is 439 g/mol. The Bertz CT molecular complexity index is 929. The topological polar surface area (TPSA) is 65.0 Å². The third kappa shape index (κ3) is 6.81. The van der Waals surface area contributed by atoms with Gasteiger partial charge in [-0.1, -0.05) is 41.2 Å². The van der Waals surface area contributed by atoms with Crippen molar-refractivity contribution in [2.45, 2.75) is 20.8 Å². The van der Waals surface area contributed by atoms with E-state index in [1.54, 1.807) is 23.5 Å². The number of rotatable bonds is 6. The minimum absolute atomic E-state index is 0.543. The molecule has 1 heterocycles. The molecule has 2 aromatic carbocycles. The summed E-state index contributed by atoms with van der Waals surface area (Å²) in [7, 11) is 0. The Morgan fingerprint density at radius 1 is 0.833 bits per heavy atom. The van der Waals surface area contributed by atoms with E-state index in [1.165, 1.54) is 11.3 Å². The number of hydrogen-bond donors (Lipinski definition) is 0. The molecule has 0 radical (unpaired) electrons. The van der Waals surface area contributed by atoms with E-state index in [2.05, 4.69) is 69.3 Å². The predicted molar refractivity (Wildman–Crippen MR) is 131 cm³/mol. The highest BCUT2D eigenvalue weighted by Crippen LogP contribution is 2.26. The maximum atomic E-state index is 4.52. The van der Waals surface area contributed by atoms with Crippen LogP contribution in [0.1, 0.15) is 19.4 Å². The van der Waals surface area contributed by atoms with E-state index >= 15 is 0 Å². The van der Waals surface area contributed by atoms with E-state index in [4.69, 9.17) is 0 Å². The minimum Gasteiger partial charge on any atom is -0.372 e. The van der Waals surface area contributed by atoms with Crippen molar-refractivity contribution in [2.75, 3.05) is 29.6 Å². The fraction of sp³-hybridized carbons (Fsp3) is 0.318. The van der Waals surface area contributed by atoms with Gasteiger partial charge in [0.25, 0.3) is 0 Å². The van der Waals surface area contributed by atoms with Crippen LogP contribution in [0.4, 0.5) is 17.1 Å². The van der Waals surface area contributed by atoms with E-state index in [-0.39, 0.29) is 0 Å². The van der Waals surface area contributed by atoms with Crippen LogP contribution < -0.4 is 4.90 Å². The lowest BCUT2D eigenvalue weighted by Gasteiger charge is -2.20. The molecule has 2 aromatic rings. The Kier molecular flexibility index (Phi) is 8.65. The fourth-order valence-electron chi connectivity index (χ4n) is 2.71. The first-order valence-electron chi connectivity index (χ1n) is 9.93. The second kappa shape index (κ2) is 11.7. The van der Waals surface area contributed by atoms with Crippen molar-refractivity contribution in [3.05, 3.63) is 65.2 Å². The largest absolute Gasteiger partial charge is 0.372 e. The smallest absolute Gasteiger partial charge is 0.205 e. The molecule has 0 spiro atoms. The molecule has 3 rings (SSSR count). The molecule has 1 aliphatic rings. The van der Waals surface area contributed by atoms with E-state index in [0.717, 1.165) is 35.2 Å². The van der Waals surface area contributed by atoms with Crippen LogP contribution in [0.3, 0.4) is 0 Å². The fourth-order valence-corrected chi connectivity index (χ4v) is 4.16. The van der Waals surface area contributed by atoms with Crippen molar-refractivity contribution in [3.8, 4) is 0 Å². The molecular formula is C22H26N6S2. The Morgan fingerprint density at radius 2 is 1.47 bits per heavy atom. The zero-order chi connectivity index (χ0) is 21.2. The highest BCUT2D eigenvalue weighted by atomic mass is 32.2. The second-order valence-electron chi connectivity index (χ2n) is 6.49. The average Bonchev–Trinajstić information content (AvgIpc) is 2.75. The number of amidine groups is 1. The molecule has 0 saturated heterocycles. The molecule has 0 bridgehead atoms. The summed E-state index contributed by atoms with van der Waals surface area (Å²) in [5.41, 5.74) is 4.08. The monoisotopic (exact) mass is 438 g/mol. The molecule has 6 nitrogen and oxygen atoms in total. The van der Waals surface area contributed by atoms with Gasteiger partial charge in [0.15, 0.2) is 0 Å². The lowest BCUT2D eigenvalue weighted by Crippen LogP contribution is -2.21. The number of hydrogen-bond acceptors (Lipinski definition) is 8. The first-order chi connectivity index (χ1) is 14.7. The van der Waals surface area contributed by atoms with Crippen molar-refractivity contribution >= 4 is 45.8 Å². The van der Waals surface area contributed by atoms with Crippen LogP contribution >= 0.6 is 23.5 Å². The van der Waals surface area contributed by atoms with Crippen LogP contribution in [-0.2, 0) is 0 Å². The lowest BCUT2D eigenvalue weighted by atomic mass is 10.2. The van der Waals surface area contributed by atoms with Gasteiger partial charge in [-0.15, -0.1) is 15.3 Å². The first kappa shape index (κ1) is 22.2. The molecule has 0 N–H and O–H groups in total. The van der Waals surface area contributed by atoms with Gasteiger partial charge in [0, 0.05) is 24.5 Å². The Morgan fingerprint density at radius 3 is 2.13 bits per heavy atom. The number of aryl methyl sites for hydroxylation is 1. The second-order valence-corrected chi connectivity index (χ2v) is 8.44. The molecule has 0 unspecified atom stereocenters. The van der Waals surface area contributed by atoms with Gasteiger partial charge >= 0.3 is 0 Å². The molecule has 0 amide bonds. The zero-order valence-electron chi connectivity index (χ0n) is 17.5. The highest BCUT2D eigenvalue weighted by Gasteiger charge is 2.06. The molecule has 0 aliphatic carbocycles. The van der Waals surface area contributed by atoms with Gasteiger partial charge in [-0.05, 0) is 63.2 Å². The summed E-state index contributed by atoms with van der Waals surface area (Å²) in [5, 5.41) is 18.9. The number of nitrogens with zero attached hydrogens (tertiary/aromatic N) is 6. The van der Waals surface area contributed by atoms with Crippen LogP contribution in [0.2, 0.25) is 0 Å². The summed E-state index contributed by atoms with van der Waals surface area (Å²) in [6, 6.07) is 16.1. The summed E-state index contributed by atoms with van der Waals surface area (Å²) >= 11 is 3.10. The summed E-state index contributed by atoms with van der Waals surface area (Å²) in [5.74, 6) is 1.27. The Hall–Kier alpha value is -2.45. The van der Waals surface area contributed by atoms with Crippen LogP contribution in [-0.4, -0.2) is 29.9 Å². The van der Waals surface area contributed by atoms with E-state index in [0.29, 0.717) is 11.0 Å².